The summed E-state index contributed by atoms with van der Waals surface area (Å²) in [5.74, 6) is 0.582. The highest BCUT2D eigenvalue weighted by Gasteiger charge is 2.36. The summed E-state index contributed by atoms with van der Waals surface area (Å²) in [5, 5.41) is 10.2. The summed E-state index contributed by atoms with van der Waals surface area (Å²) < 4.78 is 41.6. The summed E-state index contributed by atoms with van der Waals surface area (Å²) in [6.07, 6.45) is -0.0220. The van der Waals surface area contributed by atoms with Gasteiger partial charge in [0.1, 0.15) is 12.0 Å². The molecule has 0 bridgehead atoms. The Morgan fingerprint density at radius 2 is 1.69 bits per heavy atom. The predicted molar refractivity (Wildman–Crippen MR) is 144 cm³/mol. The van der Waals surface area contributed by atoms with E-state index in [1.54, 1.807) is 6.07 Å². The summed E-state index contributed by atoms with van der Waals surface area (Å²) in [7, 11) is 0. The van der Waals surface area contributed by atoms with Crippen LogP contribution in [-0.2, 0) is 6.18 Å². The van der Waals surface area contributed by atoms with Crippen LogP contribution in [0.25, 0.3) is 5.70 Å². The number of anilines is 1. The second-order valence-corrected chi connectivity index (χ2v) is 9.00. The Kier molecular flexibility index (Phi) is 9.62. The lowest BCUT2D eigenvalue weighted by Crippen LogP contribution is -2.36. The van der Waals surface area contributed by atoms with Crippen LogP contribution in [0.15, 0.2) is 71.4 Å². The average molecular weight is 499 g/mol. The highest BCUT2D eigenvalue weighted by molar-refractivity contribution is 6.04. The number of rotatable bonds is 11. The average Bonchev–Trinajstić information content (AvgIpc) is 2.87. The van der Waals surface area contributed by atoms with E-state index >= 15 is 0 Å². The fourth-order valence-corrected chi connectivity index (χ4v) is 4.35. The number of nitrogens with zero attached hydrogens (tertiary/aromatic N) is 1. The molecule has 0 aromatic heterocycles. The number of nitrogens with one attached hydrogen (secondary N) is 3. The van der Waals surface area contributed by atoms with E-state index in [0.29, 0.717) is 11.5 Å². The largest absolute Gasteiger partial charge is 0.416 e. The minimum absolute atomic E-state index is 0.115. The fourth-order valence-electron chi connectivity index (χ4n) is 4.35. The Bertz CT molecular complexity index is 1100. The zero-order chi connectivity index (χ0) is 26.1. The molecule has 0 saturated carbocycles. The molecule has 7 heteroatoms. The summed E-state index contributed by atoms with van der Waals surface area (Å²) >= 11 is 0. The van der Waals surface area contributed by atoms with Crippen molar-refractivity contribution < 1.29 is 13.2 Å². The van der Waals surface area contributed by atoms with Crippen molar-refractivity contribution in [2.24, 2.45) is 4.99 Å². The highest BCUT2D eigenvalue weighted by Crippen LogP contribution is 2.37. The molecule has 1 aliphatic heterocycles. The molecule has 0 spiro atoms. The minimum atomic E-state index is -4.47. The number of allylic oxidation sites excluding steroid dienone is 1. The smallest absolute Gasteiger partial charge is 0.385 e. The molecule has 1 heterocycles. The summed E-state index contributed by atoms with van der Waals surface area (Å²) in [5.41, 5.74) is 3.91. The van der Waals surface area contributed by atoms with E-state index < -0.39 is 17.9 Å². The molecule has 3 rings (SSSR count). The Balaban J connectivity index is 2.04. The Morgan fingerprint density at radius 1 is 0.972 bits per heavy atom. The van der Waals surface area contributed by atoms with Gasteiger partial charge in [-0.15, -0.1) is 0 Å². The lowest BCUT2D eigenvalue weighted by Gasteiger charge is -2.31. The van der Waals surface area contributed by atoms with Crippen LogP contribution >= 0.6 is 0 Å². The Hall–Kier alpha value is -3.22. The van der Waals surface area contributed by atoms with Crippen molar-refractivity contribution in [1.29, 1.82) is 0 Å². The van der Waals surface area contributed by atoms with E-state index in [1.165, 1.54) is 12.1 Å². The van der Waals surface area contributed by atoms with Gasteiger partial charge in [-0.3, -0.25) is 0 Å². The van der Waals surface area contributed by atoms with E-state index in [4.69, 9.17) is 4.99 Å². The van der Waals surface area contributed by atoms with Gasteiger partial charge in [-0.05, 0) is 37.8 Å². The van der Waals surface area contributed by atoms with Crippen molar-refractivity contribution in [1.82, 2.24) is 10.6 Å². The van der Waals surface area contributed by atoms with Gasteiger partial charge in [0.15, 0.2) is 0 Å². The quantitative estimate of drug-likeness (QED) is 0.294. The first-order valence-electron chi connectivity index (χ1n) is 12.8. The Labute approximate surface area is 212 Å². The molecule has 2 aromatic carbocycles. The van der Waals surface area contributed by atoms with Gasteiger partial charge in [-0.25, -0.2) is 4.99 Å². The molecular formula is C29H37F3N4. The van der Waals surface area contributed by atoms with Crippen LogP contribution in [0.4, 0.5) is 18.9 Å². The number of hydrogen-bond donors (Lipinski definition) is 3. The molecule has 0 radical (unpaired) electrons. The SMILES string of the molecule is C=C(NC1=NC(c2ccccc2C(F)(F)F)NC(CCCC)=C1CCC)c1ccccc1NCCC. The van der Waals surface area contributed by atoms with Crippen LogP contribution < -0.4 is 16.0 Å². The van der Waals surface area contributed by atoms with Crippen LogP contribution in [0.2, 0.25) is 0 Å². The van der Waals surface area contributed by atoms with Crippen molar-refractivity contribution in [3.8, 4) is 0 Å². The molecule has 0 amide bonds. The Morgan fingerprint density at radius 3 is 2.39 bits per heavy atom. The van der Waals surface area contributed by atoms with Crippen LogP contribution in [0, 0.1) is 0 Å². The van der Waals surface area contributed by atoms with E-state index in [1.807, 2.05) is 24.3 Å². The van der Waals surface area contributed by atoms with Gasteiger partial charge in [0, 0.05) is 40.3 Å². The zero-order valence-electron chi connectivity index (χ0n) is 21.4. The molecule has 36 heavy (non-hydrogen) atoms. The first kappa shape index (κ1) is 27.4. The number of halogens is 3. The standard InChI is InChI=1S/C29H37F3N4/c1-5-8-17-26-23(13-6-2)28(34-20(4)21-14-10-12-18-25(21)33-19-7-3)36-27(35-26)22-15-9-11-16-24(22)29(30,31)32/h9-12,14-16,18,27,33,35H,4-8,13,17,19H2,1-3H3,(H,34,36). The number of benzene rings is 2. The number of aliphatic imine (C=N–C) groups is 1. The number of amidine groups is 1. The van der Waals surface area contributed by atoms with Crippen molar-refractivity contribution >= 4 is 17.2 Å². The van der Waals surface area contributed by atoms with Crippen LogP contribution in [0.5, 0.6) is 0 Å². The molecule has 1 aliphatic rings. The molecule has 0 fully saturated rings. The van der Waals surface area contributed by atoms with Gasteiger partial charge >= 0.3 is 6.18 Å². The number of para-hydroxylation sites is 1. The van der Waals surface area contributed by atoms with Crippen molar-refractivity contribution in [3.05, 3.63) is 83.1 Å². The molecule has 4 nitrogen and oxygen atoms in total. The highest BCUT2D eigenvalue weighted by atomic mass is 19.4. The van der Waals surface area contributed by atoms with E-state index in [-0.39, 0.29) is 5.56 Å². The summed E-state index contributed by atoms with van der Waals surface area (Å²) in [4.78, 5) is 4.80. The molecule has 0 aliphatic carbocycles. The van der Waals surface area contributed by atoms with Gasteiger partial charge in [0.25, 0.3) is 0 Å². The minimum Gasteiger partial charge on any atom is -0.385 e. The molecule has 1 unspecified atom stereocenters. The van der Waals surface area contributed by atoms with Crippen LogP contribution in [0.1, 0.15) is 82.2 Å². The lowest BCUT2D eigenvalue weighted by atomic mass is 9.97. The number of alkyl halides is 3. The molecule has 2 aromatic rings. The second-order valence-electron chi connectivity index (χ2n) is 9.00. The fraction of sp³-hybridized carbons (Fsp3) is 0.414. The maximum absolute atomic E-state index is 13.9. The third-order valence-electron chi connectivity index (χ3n) is 6.15. The molecule has 1 atom stereocenters. The van der Waals surface area contributed by atoms with Crippen molar-refractivity contribution in [2.75, 3.05) is 11.9 Å². The first-order valence-corrected chi connectivity index (χ1v) is 12.8. The third kappa shape index (κ3) is 6.71. The zero-order valence-corrected chi connectivity index (χ0v) is 21.4. The first-order chi connectivity index (χ1) is 17.3. The predicted octanol–water partition coefficient (Wildman–Crippen LogP) is 8.03. The second kappa shape index (κ2) is 12.7. The van der Waals surface area contributed by atoms with Gasteiger partial charge in [0.05, 0.1) is 5.56 Å². The van der Waals surface area contributed by atoms with E-state index in [0.717, 1.165) is 73.7 Å². The van der Waals surface area contributed by atoms with Crippen molar-refractivity contribution in [3.63, 3.8) is 0 Å². The maximum atomic E-state index is 13.9. The number of unbranched alkanes of at least 4 members (excludes halogenated alkanes) is 1. The molecule has 194 valence electrons. The van der Waals surface area contributed by atoms with Gasteiger partial charge in [0.2, 0.25) is 0 Å². The van der Waals surface area contributed by atoms with Crippen LogP contribution in [-0.4, -0.2) is 12.4 Å². The summed E-state index contributed by atoms with van der Waals surface area (Å²) in [6.45, 7) is 11.4. The monoisotopic (exact) mass is 498 g/mol. The topological polar surface area (TPSA) is 48.5 Å². The molecular weight excluding hydrogens is 461 g/mol. The molecule has 3 N–H and O–H groups in total. The maximum Gasteiger partial charge on any atom is 0.416 e. The van der Waals surface area contributed by atoms with Crippen LogP contribution in [0.3, 0.4) is 0 Å². The van der Waals surface area contributed by atoms with E-state index in [9.17, 15) is 13.2 Å². The molecule has 0 saturated heterocycles. The van der Waals surface area contributed by atoms with Gasteiger partial charge in [-0.1, -0.05) is 76.6 Å². The third-order valence-corrected chi connectivity index (χ3v) is 6.15. The van der Waals surface area contributed by atoms with Crippen molar-refractivity contribution in [2.45, 2.75) is 71.6 Å². The summed E-state index contributed by atoms with van der Waals surface area (Å²) in [6, 6.07) is 13.5. The lowest BCUT2D eigenvalue weighted by molar-refractivity contribution is -0.138. The van der Waals surface area contributed by atoms with E-state index in [2.05, 4.69) is 43.3 Å². The number of hydrogen-bond acceptors (Lipinski definition) is 4. The van der Waals surface area contributed by atoms with Gasteiger partial charge < -0.3 is 16.0 Å². The normalized spacial score (nSPS) is 15.8. The van der Waals surface area contributed by atoms with Gasteiger partial charge in [-0.2, -0.15) is 13.2 Å².